The van der Waals surface area contributed by atoms with Gasteiger partial charge in [-0.2, -0.15) is 4.98 Å². The van der Waals surface area contributed by atoms with E-state index in [9.17, 15) is 9.59 Å². The van der Waals surface area contributed by atoms with E-state index in [1.807, 2.05) is 27.7 Å². The van der Waals surface area contributed by atoms with Crippen LogP contribution >= 0.6 is 0 Å². The minimum absolute atomic E-state index is 0.127. The molecule has 118 valence electrons. The summed E-state index contributed by atoms with van der Waals surface area (Å²) in [7, 11) is 0. The lowest BCUT2D eigenvalue weighted by molar-refractivity contribution is -0.142. The van der Waals surface area contributed by atoms with Crippen molar-refractivity contribution < 1.29 is 19.2 Å². The van der Waals surface area contributed by atoms with Crippen LogP contribution in [0.2, 0.25) is 0 Å². The van der Waals surface area contributed by atoms with E-state index in [4.69, 9.17) is 9.63 Å². The predicted molar refractivity (Wildman–Crippen MR) is 75.7 cm³/mol. The lowest BCUT2D eigenvalue weighted by Crippen LogP contribution is -2.41. The van der Waals surface area contributed by atoms with Gasteiger partial charge in [0.05, 0.1) is 0 Å². The third kappa shape index (κ3) is 5.93. The highest BCUT2D eigenvalue weighted by Crippen LogP contribution is 2.11. The summed E-state index contributed by atoms with van der Waals surface area (Å²) in [5.41, 5.74) is 0. The number of carboxylic acid groups (broad SMARTS) is 1. The van der Waals surface area contributed by atoms with Crippen LogP contribution in [0, 0.1) is 5.92 Å². The van der Waals surface area contributed by atoms with Crippen LogP contribution in [-0.2, 0) is 16.0 Å². The Morgan fingerprint density at radius 1 is 1.29 bits per heavy atom. The molecule has 0 radical (unpaired) electrons. The van der Waals surface area contributed by atoms with Gasteiger partial charge in [0.2, 0.25) is 11.8 Å². The zero-order chi connectivity index (χ0) is 16.0. The summed E-state index contributed by atoms with van der Waals surface area (Å²) in [5.74, 6) is 0.0113. The van der Waals surface area contributed by atoms with E-state index in [0.29, 0.717) is 24.6 Å². The molecule has 7 heteroatoms. The number of rotatable bonds is 8. The second-order valence-corrected chi connectivity index (χ2v) is 5.79. The zero-order valence-electron chi connectivity index (χ0n) is 12.9. The smallest absolute Gasteiger partial charge is 0.326 e. The Hall–Kier alpha value is -1.92. The van der Waals surface area contributed by atoms with Crippen molar-refractivity contribution in [3.8, 4) is 0 Å². The van der Waals surface area contributed by atoms with Gasteiger partial charge in [-0.3, -0.25) is 4.79 Å². The van der Waals surface area contributed by atoms with Crippen LogP contribution < -0.4 is 5.32 Å². The molecule has 2 N–H and O–H groups in total. The van der Waals surface area contributed by atoms with Gasteiger partial charge in [-0.15, -0.1) is 0 Å². The van der Waals surface area contributed by atoms with Crippen LogP contribution in [-0.4, -0.2) is 33.2 Å². The zero-order valence-corrected chi connectivity index (χ0v) is 12.9. The van der Waals surface area contributed by atoms with E-state index in [1.165, 1.54) is 0 Å². The number of carboxylic acids is 1. The van der Waals surface area contributed by atoms with E-state index in [0.717, 1.165) is 0 Å². The van der Waals surface area contributed by atoms with Gasteiger partial charge in [0.1, 0.15) is 6.04 Å². The summed E-state index contributed by atoms with van der Waals surface area (Å²) in [6, 6.07) is -0.855. The maximum Gasteiger partial charge on any atom is 0.326 e. The first-order chi connectivity index (χ1) is 9.79. The number of nitrogens with zero attached hydrogens (tertiary/aromatic N) is 2. The molecule has 1 rings (SSSR count). The number of hydrogen-bond acceptors (Lipinski definition) is 5. The molecule has 0 saturated carbocycles. The monoisotopic (exact) mass is 297 g/mol. The number of aliphatic carboxylic acids is 1. The van der Waals surface area contributed by atoms with E-state index >= 15 is 0 Å². The maximum absolute atomic E-state index is 11.8. The van der Waals surface area contributed by atoms with Crippen molar-refractivity contribution in [1.29, 1.82) is 0 Å². The number of aromatic nitrogens is 2. The maximum atomic E-state index is 11.8. The molecule has 0 aliphatic carbocycles. The highest BCUT2D eigenvalue weighted by atomic mass is 16.5. The summed E-state index contributed by atoms with van der Waals surface area (Å²) < 4.78 is 5.04. The Balaban J connectivity index is 2.46. The fourth-order valence-electron chi connectivity index (χ4n) is 1.78. The quantitative estimate of drug-likeness (QED) is 0.757. The molecule has 0 bridgehead atoms. The fraction of sp³-hybridized carbons (Fsp3) is 0.714. The number of carbonyl (C=O) groups excluding carboxylic acids is 1. The Labute approximate surface area is 124 Å². The van der Waals surface area contributed by atoms with Gasteiger partial charge in [0, 0.05) is 18.8 Å². The SMILES string of the molecule is CC(C)C[C@H](NC(=O)CCc1nc(C(C)C)no1)C(=O)O. The van der Waals surface area contributed by atoms with E-state index in [2.05, 4.69) is 15.5 Å². The van der Waals surface area contributed by atoms with Gasteiger partial charge >= 0.3 is 5.97 Å². The van der Waals surface area contributed by atoms with Crippen molar-refractivity contribution in [2.24, 2.45) is 5.92 Å². The number of amides is 1. The van der Waals surface area contributed by atoms with Gasteiger partial charge < -0.3 is 14.9 Å². The molecule has 1 heterocycles. The number of hydrogen-bond donors (Lipinski definition) is 2. The summed E-state index contributed by atoms with van der Waals surface area (Å²) in [6.07, 6.45) is 0.834. The molecular formula is C14H23N3O4. The second-order valence-electron chi connectivity index (χ2n) is 5.79. The first kappa shape index (κ1) is 17.1. The molecule has 0 unspecified atom stereocenters. The number of carbonyl (C=O) groups is 2. The topological polar surface area (TPSA) is 105 Å². The third-order valence-corrected chi connectivity index (χ3v) is 2.91. The van der Waals surface area contributed by atoms with E-state index < -0.39 is 12.0 Å². The van der Waals surface area contributed by atoms with Crippen molar-refractivity contribution in [2.75, 3.05) is 0 Å². The van der Waals surface area contributed by atoms with Crippen molar-refractivity contribution in [3.05, 3.63) is 11.7 Å². The van der Waals surface area contributed by atoms with Crippen LogP contribution in [0.1, 0.15) is 58.2 Å². The molecule has 1 atom stereocenters. The van der Waals surface area contributed by atoms with Gasteiger partial charge in [-0.05, 0) is 12.3 Å². The average Bonchev–Trinajstić information content (AvgIpc) is 2.83. The summed E-state index contributed by atoms with van der Waals surface area (Å²) in [6.45, 7) is 7.72. The normalized spacial score (nSPS) is 12.7. The van der Waals surface area contributed by atoms with Crippen LogP contribution in [0.5, 0.6) is 0 Å². The van der Waals surface area contributed by atoms with Gasteiger partial charge in [0.15, 0.2) is 5.82 Å². The molecule has 7 nitrogen and oxygen atoms in total. The average molecular weight is 297 g/mol. The largest absolute Gasteiger partial charge is 0.480 e. The molecule has 1 aromatic rings. The predicted octanol–water partition coefficient (Wildman–Crippen LogP) is 1.74. The van der Waals surface area contributed by atoms with Crippen LogP contribution in [0.25, 0.3) is 0 Å². The number of nitrogens with one attached hydrogen (secondary N) is 1. The van der Waals surface area contributed by atoms with Crippen LogP contribution in [0.4, 0.5) is 0 Å². The summed E-state index contributed by atoms with van der Waals surface area (Å²) in [4.78, 5) is 27.0. The van der Waals surface area contributed by atoms with Crippen molar-refractivity contribution in [1.82, 2.24) is 15.5 Å². The first-order valence-corrected chi connectivity index (χ1v) is 7.14. The summed E-state index contributed by atoms with van der Waals surface area (Å²) >= 11 is 0. The standard InChI is InChI=1S/C14H23N3O4/c1-8(2)7-10(14(19)20)15-11(18)5-6-12-16-13(9(3)4)17-21-12/h8-10H,5-7H2,1-4H3,(H,15,18)(H,19,20)/t10-/m0/s1. The van der Waals surface area contributed by atoms with Gasteiger partial charge in [0.25, 0.3) is 0 Å². The van der Waals surface area contributed by atoms with Crippen molar-refractivity contribution in [3.63, 3.8) is 0 Å². The van der Waals surface area contributed by atoms with E-state index in [-0.39, 0.29) is 24.2 Å². The lowest BCUT2D eigenvalue weighted by atomic mass is 10.0. The molecule has 1 aromatic heterocycles. The minimum Gasteiger partial charge on any atom is -0.480 e. The highest BCUT2D eigenvalue weighted by molar-refractivity contribution is 5.83. The van der Waals surface area contributed by atoms with Crippen molar-refractivity contribution in [2.45, 2.75) is 58.9 Å². The fourth-order valence-corrected chi connectivity index (χ4v) is 1.78. The Morgan fingerprint density at radius 3 is 2.43 bits per heavy atom. The molecular weight excluding hydrogens is 274 g/mol. The number of aryl methyl sites for hydroxylation is 1. The Morgan fingerprint density at radius 2 is 1.95 bits per heavy atom. The molecule has 0 saturated heterocycles. The third-order valence-electron chi connectivity index (χ3n) is 2.91. The Bertz CT molecular complexity index is 482. The summed E-state index contributed by atoms with van der Waals surface area (Å²) in [5, 5.41) is 15.4. The van der Waals surface area contributed by atoms with Crippen molar-refractivity contribution >= 4 is 11.9 Å². The molecule has 1 amide bonds. The van der Waals surface area contributed by atoms with Crippen LogP contribution in [0.3, 0.4) is 0 Å². The van der Waals surface area contributed by atoms with Gasteiger partial charge in [-0.1, -0.05) is 32.9 Å². The van der Waals surface area contributed by atoms with Crippen LogP contribution in [0.15, 0.2) is 4.52 Å². The molecule has 0 aliphatic heterocycles. The first-order valence-electron chi connectivity index (χ1n) is 7.14. The molecule has 0 aromatic carbocycles. The highest BCUT2D eigenvalue weighted by Gasteiger charge is 2.21. The van der Waals surface area contributed by atoms with E-state index in [1.54, 1.807) is 0 Å². The Kier molecular flexibility index (Phi) is 6.33. The molecule has 0 aliphatic rings. The second kappa shape index (κ2) is 7.75. The lowest BCUT2D eigenvalue weighted by Gasteiger charge is -2.16. The molecule has 21 heavy (non-hydrogen) atoms. The minimum atomic E-state index is -1.02. The van der Waals surface area contributed by atoms with Gasteiger partial charge in [-0.25, -0.2) is 4.79 Å². The molecule has 0 fully saturated rings. The molecule has 0 spiro atoms.